The lowest BCUT2D eigenvalue weighted by molar-refractivity contribution is 0.0163. The predicted molar refractivity (Wildman–Crippen MR) is 119 cm³/mol. The summed E-state index contributed by atoms with van der Waals surface area (Å²) in [5.74, 6) is -0.187. The summed E-state index contributed by atoms with van der Waals surface area (Å²) in [6.07, 6.45) is 1.82. The van der Waals surface area contributed by atoms with Crippen molar-refractivity contribution < 1.29 is 14.3 Å². The second kappa shape index (κ2) is 8.00. The molecule has 158 valence electrons. The zero-order valence-corrected chi connectivity index (χ0v) is 17.4. The standard InChI is InChI=1S/C24H24N4O3/c1-15-8-10-16(11-9-15)13-28-22(25)20(24(29)31-14-17-5-4-12-30-17)21-23(28)27-19-7-3-2-6-18(19)26-21/h2-3,6-11,17H,4-5,12-14,25H2,1H3/t17-/m0/s1. The number of aryl methyl sites for hydroxylation is 1. The lowest BCUT2D eigenvalue weighted by atomic mass is 10.1. The SMILES string of the molecule is Cc1ccc(Cn2c(N)c(C(=O)OC[C@@H]3CCCO3)c3nc4ccccc4nc32)cc1. The molecule has 5 rings (SSSR count). The first-order chi connectivity index (χ1) is 15.1. The molecule has 1 fully saturated rings. The molecule has 7 nitrogen and oxygen atoms in total. The lowest BCUT2D eigenvalue weighted by Crippen LogP contribution is -2.18. The number of para-hydroxylation sites is 2. The number of anilines is 1. The van der Waals surface area contributed by atoms with Crippen molar-refractivity contribution in [3.05, 3.63) is 65.2 Å². The van der Waals surface area contributed by atoms with Crippen LogP contribution in [0.25, 0.3) is 22.2 Å². The van der Waals surface area contributed by atoms with E-state index < -0.39 is 5.97 Å². The van der Waals surface area contributed by atoms with E-state index in [4.69, 9.17) is 25.2 Å². The molecule has 0 aliphatic carbocycles. The van der Waals surface area contributed by atoms with Gasteiger partial charge in [0.1, 0.15) is 23.5 Å². The maximum Gasteiger partial charge on any atom is 0.344 e. The molecule has 0 bridgehead atoms. The smallest absolute Gasteiger partial charge is 0.344 e. The van der Waals surface area contributed by atoms with Gasteiger partial charge in [0.15, 0.2) is 5.65 Å². The number of nitrogens with two attached hydrogens (primary N) is 1. The van der Waals surface area contributed by atoms with E-state index in [0.717, 1.165) is 23.9 Å². The number of aromatic nitrogens is 3. The van der Waals surface area contributed by atoms with Crippen molar-refractivity contribution in [3.8, 4) is 0 Å². The fraction of sp³-hybridized carbons (Fsp3) is 0.292. The van der Waals surface area contributed by atoms with Crippen molar-refractivity contribution in [2.24, 2.45) is 0 Å². The molecule has 0 unspecified atom stereocenters. The number of fused-ring (bicyclic) bond motifs is 2. The molecule has 2 aromatic heterocycles. The largest absolute Gasteiger partial charge is 0.459 e. The third-order valence-electron chi connectivity index (χ3n) is 5.68. The van der Waals surface area contributed by atoms with Crippen LogP contribution in [0.2, 0.25) is 0 Å². The van der Waals surface area contributed by atoms with Gasteiger partial charge >= 0.3 is 5.97 Å². The molecule has 0 amide bonds. The van der Waals surface area contributed by atoms with Crippen LogP contribution in [0.5, 0.6) is 0 Å². The molecule has 1 aliphatic heterocycles. The van der Waals surface area contributed by atoms with E-state index >= 15 is 0 Å². The minimum atomic E-state index is -0.495. The minimum Gasteiger partial charge on any atom is -0.459 e. The van der Waals surface area contributed by atoms with Crippen molar-refractivity contribution in [3.63, 3.8) is 0 Å². The first-order valence-corrected chi connectivity index (χ1v) is 10.5. The first kappa shape index (κ1) is 19.5. The summed E-state index contributed by atoms with van der Waals surface area (Å²) in [6.45, 7) is 3.44. The normalized spacial score (nSPS) is 16.2. The average molecular weight is 416 g/mol. The summed E-state index contributed by atoms with van der Waals surface area (Å²) in [5, 5.41) is 0. The number of hydrogen-bond donors (Lipinski definition) is 1. The lowest BCUT2D eigenvalue weighted by Gasteiger charge is -2.10. The Morgan fingerprint density at radius 1 is 1.16 bits per heavy atom. The molecule has 1 saturated heterocycles. The Hall–Kier alpha value is -3.45. The Kier molecular flexibility index (Phi) is 5.03. The van der Waals surface area contributed by atoms with Gasteiger partial charge in [-0.15, -0.1) is 0 Å². The highest BCUT2D eigenvalue weighted by Gasteiger charge is 2.26. The summed E-state index contributed by atoms with van der Waals surface area (Å²) >= 11 is 0. The van der Waals surface area contributed by atoms with Gasteiger partial charge in [-0.3, -0.25) is 0 Å². The van der Waals surface area contributed by atoms with Gasteiger partial charge in [-0.1, -0.05) is 42.0 Å². The topological polar surface area (TPSA) is 92.3 Å². The maximum absolute atomic E-state index is 13.0. The third-order valence-corrected chi connectivity index (χ3v) is 5.68. The zero-order valence-electron chi connectivity index (χ0n) is 17.4. The van der Waals surface area contributed by atoms with Crippen LogP contribution >= 0.6 is 0 Å². The van der Waals surface area contributed by atoms with Crippen molar-refractivity contribution in [1.82, 2.24) is 14.5 Å². The van der Waals surface area contributed by atoms with Crippen LogP contribution in [0.3, 0.4) is 0 Å². The van der Waals surface area contributed by atoms with E-state index in [1.165, 1.54) is 5.56 Å². The molecular formula is C24H24N4O3. The number of benzene rings is 2. The molecule has 7 heteroatoms. The van der Waals surface area contributed by atoms with E-state index in [0.29, 0.717) is 35.7 Å². The molecule has 1 aliphatic rings. The molecule has 31 heavy (non-hydrogen) atoms. The van der Waals surface area contributed by atoms with E-state index in [-0.39, 0.29) is 18.3 Å². The summed E-state index contributed by atoms with van der Waals surface area (Å²) in [5.41, 5.74) is 11.5. The van der Waals surface area contributed by atoms with Gasteiger partial charge in [0.05, 0.1) is 23.7 Å². The molecule has 0 saturated carbocycles. The van der Waals surface area contributed by atoms with Crippen molar-refractivity contribution in [1.29, 1.82) is 0 Å². The molecule has 4 aromatic rings. The number of nitrogen functional groups attached to an aromatic ring is 1. The summed E-state index contributed by atoms with van der Waals surface area (Å²) < 4.78 is 13.0. The Morgan fingerprint density at radius 3 is 2.61 bits per heavy atom. The molecule has 1 atom stereocenters. The van der Waals surface area contributed by atoms with Crippen molar-refractivity contribution >= 4 is 34.0 Å². The number of ether oxygens (including phenoxy) is 2. The Labute approximate surface area is 179 Å². The van der Waals surface area contributed by atoms with Crippen LogP contribution in [0.4, 0.5) is 5.82 Å². The van der Waals surface area contributed by atoms with Gasteiger partial charge in [0.25, 0.3) is 0 Å². The van der Waals surface area contributed by atoms with Gasteiger partial charge < -0.3 is 19.8 Å². The Bertz CT molecular complexity index is 1260. The van der Waals surface area contributed by atoms with Gasteiger partial charge in [-0.2, -0.15) is 0 Å². The van der Waals surface area contributed by atoms with Gasteiger partial charge in [-0.05, 0) is 37.5 Å². The number of carbonyl (C=O) groups excluding carboxylic acids is 1. The van der Waals surface area contributed by atoms with Gasteiger partial charge in [0, 0.05) is 6.61 Å². The highest BCUT2D eigenvalue weighted by molar-refractivity contribution is 6.08. The van der Waals surface area contributed by atoms with Crippen molar-refractivity contribution in [2.75, 3.05) is 18.9 Å². The van der Waals surface area contributed by atoms with Gasteiger partial charge in [-0.25, -0.2) is 14.8 Å². The van der Waals surface area contributed by atoms with Crippen molar-refractivity contribution in [2.45, 2.75) is 32.4 Å². The number of nitrogens with zero attached hydrogens (tertiary/aromatic N) is 3. The Morgan fingerprint density at radius 2 is 1.90 bits per heavy atom. The van der Waals surface area contributed by atoms with Crippen LogP contribution in [-0.2, 0) is 16.0 Å². The predicted octanol–water partition coefficient (Wildman–Crippen LogP) is 3.86. The fourth-order valence-electron chi connectivity index (χ4n) is 3.97. The number of hydrogen-bond acceptors (Lipinski definition) is 6. The summed E-state index contributed by atoms with van der Waals surface area (Å²) in [4.78, 5) is 22.5. The number of carbonyl (C=O) groups is 1. The fourth-order valence-corrected chi connectivity index (χ4v) is 3.97. The highest BCUT2D eigenvalue weighted by atomic mass is 16.6. The minimum absolute atomic E-state index is 0.0574. The van der Waals surface area contributed by atoms with Crippen LogP contribution in [0, 0.1) is 6.92 Å². The number of rotatable bonds is 5. The third kappa shape index (κ3) is 3.72. The van der Waals surface area contributed by atoms with Crippen LogP contribution in [-0.4, -0.2) is 39.8 Å². The average Bonchev–Trinajstić information content (AvgIpc) is 3.39. The maximum atomic E-state index is 13.0. The second-order valence-corrected chi connectivity index (χ2v) is 7.95. The molecule has 3 heterocycles. The van der Waals surface area contributed by atoms with E-state index in [9.17, 15) is 4.79 Å². The highest BCUT2D eigenvalue weighted by Crippen LogP contribution is 2.29. The van der Waals surface area contributed by atoms with E-state index in [1.54, 1.807) is 0 Å². The summed E-state index contributed by atoms with van der Waals surface area (Å²) in [7, 11) is 0. The van der Waals surface area contributed by atoms with Crippen LogP contribution in [0.1, 0.15) is 34.3 Å². The molecule has 0 spiro atoms. The zero-order chi connectivity index (χ0) is 21.4. The molecular weight excluding hydrogens is 392 g/mol. The van der Waals surface area contributed by atoms with Crippen LogP contribution < -0.4 is 5.73 Å². The second-order valence-electron chi connectivity index (χ2n) is 7.95. The van der Waals surface area contributed by atoms with Crippen LogP contribution in [0.15, 0.2) is 48.5 Å². The van der Waals surface area contributed by atoms with Gasteiger partial charge in [0.2, 0.25) is 0 Å². The Balaban J connectivity index is 1.59. The monoisotopic (exact) mass is 416 g/mol. The summed E-state index contributed by atoms with van der Waals surface area (Å²) in [6, 6.07) is 15.8. The quantitative estimate of drug-likeness (QED) is 0.497. The molecule has 2 aromatic carbocycles. The van der Waals surface area contributed by atoms with E-state index in [2.05, 4.69) is 12.1 Å². The number of esters is 1. The first-order valence-electron chi connectivity index (χ1n) is 10.5. The molecule has 0 radical (unpaired) electrons. The van der Waals surface area contributed by atoms with E-state index in [1.807, 2.05) is 47.9 Å². The molecule has 2 N–H and O–H groups in total.